The van der Waals surface area contributed by atoms with E-state index in [9.17, 15) is 4.79 Å². The minimum atomic E-state index is -0.0934. The van der Waals surface area contributed by atoms with E-state index < -0.39 is 0 Å². The van der Waals surface area contributed by atoms with E-state index in [2.05, 4.69) is 0 Å². The van der Waals surface area contributed by atoms with Gasteiger partial charge in [-0.2, -0.15) is 0 Å². The first-order chi connectivity index (χ1) is 12.7. The molecule has 0 radical (unpaired) electrons. The second kappa shape index (κ2) is 8.54. The number of hydrogen-bond acceptors (Lipinski definition) is 5. The highest BCUT2D eigenvalue weighted by Gasteiger charge is 2.13. The first-order valence-electron chi connectivity index (χ1n) is 8.58. The van der Waals surface area contributed by atoms with E-state index >= 15 is 0 Å². The maximum absolute atomic E-state index is 12.5. The molecule has 0 spiro atoms. The maximum Gasteiger partial charge on any atom is 0.185 e. The van der Waals surface area contributed by atoms with Crippen LogP contribution in [0.2, 0.25) is 0 Å². The van der Waals surface area contributed by atoms with Crippen LogP contribution in [-0.2, 0) is 11.3 Å². The van der Waals surface area contributed by atoms with Crippen LogP contribution in [0.3, 0.4) is 0 Å². The predicted molar refractivity (Wildman–Crippen MR) is 99.1 cm³/mol. The number of methoxy groups -OCH3 is 1. The minimum Gasteiger partial charge on any atom is -0.496 e. The summed E-state index contributed by atoms with van der Waals surface area (Å²) in [6.07, 6.45) is 3.34. The van der Waals surface area contributed by atoms with Gasteiger partial charge < -0.3 is 18.9 Å². The Bertz CT molecular complexity index is 810. The number of carbonyl (C=O) groups is 1. The Morgan fingerprint density at radius 1 is 1.12 bits per heavy atom. The van der Waals surface area contributed by atoms with Crippen molar-refractivity contribution in [2.24, 2.45) is 0 Å². The van der Waals surface area contributed by atoms with E-state index in [1.54, 1.807) is 37.5 Å². The average Bonchev–Trinajstić information content (AvgIpc) is 2.70. The summed E-state index contributed by atoms with van der Waals surface area (Å²) >= 11 is 0. The molecule has 0 saturated carbocycles. The summed E-state index contributed by atoms with van der Waals surface area (Å²) < 4.78 is 21.8. The molecule has 0 N–H and O–H groups in total. The van der Waals surface area contributed by atoms with Crippen LogP contribution in [0.4, 0.5) is 0 Å². The van der Waals surface area contributed by atoms with Crippen molar-refractivity contribution >= 4 is 11.9 Å². The van der Waals surface area contributed by atoms with Gasteiger partial charge in [0.15, 0.2) is 17.3 Å². The molecule has 0 unspecified atom stereocenters. The second-order valence-electron chi connectivity index (χ2n) is 5.76. The van der Waals surface area contributed by atoms with Crippen LogP contribution in [0.15, 0.2) is 42.5 Å². The highest BCUT2D eigenvalue weighted by atomic mass is 16.6. The number of allylic oxidation sites excluding steroid dienone is 1. The molecule has 3 rings (SSSR count). The second-order valence-corrected chi connectivity index (χ2v) is 5.76. The van der Waals surface area contributed by atoms with Gasteiger partial charge in [-0.3, -0.25) is 4.79 Å². The van der Waals surface area contributed by atoms with Crippen LogP contribution in [-0.4, -0.2) is 32.7 Å². The highest BCUT2D eigenvalue weighted by Crippen LogP contribution is 2.31. The molecule has 2 aromatic rings. The fourth-order valence-corrected chi connectivity index (χ4v) is 2.69. The number of carbonyl (C=O) groups excluding carboxylic acids is 1. The Kier molecular flexibility index (Phi) is 5.92. The highest BCUT2D eigenvalue weighted by molar-refractivity contribution is 6.07. The molecule has 1 aliphatic rings. The molecule has 1 heterocycles. The van der Waals surface area contributed by atoms with Crippen LogP contribution in [0, 0.1) is 0 Å². The fourth-order valence-electron chi connectivity index (χ4n) is 2.69. The zero-order valence-electron chi connectivity index (χ0n) is 15.0. The lowest BCUT2D eigenvalue weighted by Crippen LogP contribution is -2.15. The third-order valence-electron chi connectivity index (χ3n) is 4.02. The Morgan fingerprint density at radius 3 is 2.69 bits per heavy atom. The van der Waals surface area contributed by atoms with E-state index in [1.165, 1.54) is 0 Å². The average molecular weight is 354 g/mol. The van der Waals surface area contributed by atoms with Gasteiger partial charge in [0.05, 0.1) is 13.7 Å². The van der Waals surface area contributed by atoms with Gasteiger partial charge >= 0.3 is 0 Å². The van der Waals surface area contributed by atoms with E-state index in [-0.39, 0.29) is 5.78 Å². The summed E-state index contributed by atoms with van der Waals surface area (Å²) in [5.74, 6) is 1.96. The van der Waals surface area contributed by atoms with Crippen molar-refractivity contribution in [3.63, 3.8) is 0 Å². The van der Waals surface area contributed by atoms with Crippen LogP contribution in [0.25, 0.3) is 6.08 Å². The molecule has 5 heteroatoms. The first-order valence-corrected chi connectivity index (χ1v) is 8.58. The van der Waals surface area contributed by atoms with Gasteiger partial charge in [-0.1, -0.05) is 12.1 Å². The number of fused-ring (bicyclic) bond motifs is 1. The lowest BCUT2D eigenvalue weighted by atomic mass is 10.1. The number of ketones is 1. The summed E-state index contributed by atoms with van der Waals surface area (Å²) in [4.78, 5) is 12.5. The molecule has 0 atom stereocenters. The van der Waals surface area contributed by atoms with E-state index in [0.29, 0.717) is 43.5 Å². The molecule has 5 nitrogen and oxygen atoms in total. The Morgan fingerprint density at radius 2 is 1.92 bits per heavy atom. The summed E-state index contributed by atoms with van der Waals surface area (Å²) in [6, 6.07) is 11.0. The van der Waals surface area contributed by atoms with Crippen molar-refractivity contribution in [3.8, 4) is 17.2 Å². The smallest absolute Gasteiger partial charge is 0.185 e. The van der Waals surface area contributed by atoms with Crippen molar-refractivity contribution in [1.29, 1.82) is 0 Å². The molecule has 26 heavy (non-hydrogen) atoms. The lowest BCUT2D eigenvalue weighted by Gasteiger charge is -2.18. The topological polar surface area (TPSA) is 54.0 Å². The van der Waals surface area contributed by atoms with Crippen molar-refractivity contribution in [2.45, 2.75) is 13.5 Å². The normalized spacial score (nSPS) is 13.0. The molecule has 0 fully saturated rings. The van der Waals surface area contributed by atoms with Crippen molar-refractivity contribution in [1.82, 2.24) is 0 Å². The van der Waals surface area contributed by atoms with Gasteiger partial charge in [0.25, 0.3) is 0 Å². The molecular weight excluding hydrogens is 332 g/mol. The van der Waals surface area contributed by atoms with E-state index in [4.69, 9.17) is 18.9 Å². The minimum absolute atomic E-state index is 0.0934. The quantitative estimate of drug-likeness (QED) is 0.558. The summed E-state index contributed by atoms with van der Waals surface area (Å²) in [5, 5.41) is 0. The Labute approximate surface area is 153 Å². The monoisotopic (exact) mass is 354 g/mol. The van der Waals surface area contributed by atoms with Crippen molar-refractivity contribution < 1.29 is 23.7 Å². The largest absolute Gasteiger partial charge is 0.496 e. The van der Waals surface area contributed by atoms with Crippen LogP contribution in [0.5, 0.6) is 17.2 Å². The standard InChI is InChI=1S/C21H22O5/c1-3-24-14-17-12-15(5-8-19(17)23-2)4-7-18(22)16-6-9-20-21(13-16)26-11-10-25-20/h4-9,12-13H,3,10-11,14H2,1-2H3/b7-4+. The van der Waals surface area contributed by atoms with E-state index in [1.807, 2.05) is 25.1 Å². The number of hydrogen-bond donors (Lipinski definition) is 0. The molecule has 1 aliphatic heterocycles. The molecule has 0 aromatic heterocycles. The number of benzene rings is 2. The van der Waals surface area contributed by atoms with Crippen LogP contribution < -0.4 is 14.2 Å². The van der Waals surface area contributed by atoms with Gasteiger partial charge in [0.2, 0.25) is 0 Å². The SMILES string of the molecule is CCOCc1cc(/C=C/C(=O)c2ccc3c(c2)OCCO3)ccc1OC. The molecule has 136 valence electrons. The zero-order valence-corrected chi connectivity index (χ0v) is 15.0. The van der Waals surface area contributed by atoms with Crippen molar-refractivity contribution in [3.05, 3.63) is 59.2 Å². The summed E-state index contributed by atoms with van der Waals surface area (Å²) in [6.45, 7) is 4.07. The molecule has 0 saturated heterocycles. The zero-order chi connectivity index (χ0) is 18.4. The van der Waals surface area contributed by atoms with Crippen LogP contribution >= 0.6 is 0 Å². The molecular formula is C21H22O5. The van der Waals surface area contributed by atoms with Crippen molar-refractivity contribution in [2.75, 3.05) is 26.9 Å². The summed E-state index contributed by atoms with van der Waals surface area (Å²) in [5.41, 5.74) is 2.42. The number of rotatable bonds is 7. The fraction of sp³-hybridized carbons (Fsp3) is 0.286. The van der Waals surface area contributed by atoms with Crippen LogP contribution in [0.1, 0.15) is 28.4 Å². The molecule has 0 bridgehead atoms. The molecule has 0 amide bonds. The summed E-state index contributed by atoms with van der Waals surface area (Å²) in [7, 11) is 1.63. The molecule has 0 aliphatic carbocycles. The number of ether oxygens (including phenoxy) is 4. The van der Waals surface area contributed by atoms with Gasteiger partial charge in [0.1, 0.15) is 19.0 Å². The van der Waals surface area contributed by atoms with Gasteiger partial charge in [-0.05, 0) is 48.9 Å². The van der Waals surface area contributed by atoms with Gasteiger partial charge in [0, 0.05) is 17.7 Å². The Balaban J connectivity index is 1.75. The van der Waals surface area contributed by atoms with Gasteiger partial charge in [-0.15, -0.1) is 0 Å². The Hall–Kier alpha value is -2.79. The third-order valence-corrected chi connectivity index (χ3v) is 4.02. The first kappa shape index (κ1) is 18.0. The lowest BCUT2D eigenvalue weighted by molar-refractivity contribution is 0.104. The molecule has 2 aromatic carbocycles. The maximum atomic E-state index is 12.5. The van der Waals surface area contributed by atoms with E-state index in [0.717, 1.165) is 16.9 Å². The van der Waals surface area contributed by atoms with Gasteiger partial charge in [-0.25, -0.2) is 0 Å². The third kappa shape index (κ3) is 4.24. The predicted octanol–water partition coefficient (Wildman–Crippen LogP) is 3.90.